The van der Waals surface area contributed by atoms with Gasteiger partial charge in [-0.1, -0.05) is 26.0 Å². The molecule has 2 heterocycles. The summed E-state index contributed by atoms with van der Waals surface area (Å²) in [5, 5.41) is 3.47. The first-order valence-electron chi connectivity index (χ1n) is 8.54. The molecule has 1 fully saturated rings. The van der Waals surface area contributed by atoms with Crippen molar-refractivity contribution in [3.8, 4) is 5.75 Å². The van der Waals surface area contributed by atoms with Crippen LogP contribution in [0.25, 0.3) is 0 Å². The van der Waals surface area contributed by atoms with E-state index in [2.05, 4.69) is 52.2 Å². The van der Waals surface area contributed by atoms with Crippen LogP contribution in [0.4, 0.5) is 11.6 Å². The maximum atomic E-state index is 5.24. The second-order valence-electron chi connectivity index (χ2n) is 6.92. The van der Waals surface area contributed by atoms with E-state index in [1.165, 1.54) is 18.4 Å². The van der Waals surface area contributed by atoms with E-state index in [0.29, 0.717) is 0 Å². The molecule has 5 heteroatoms. The molecule has 0 unspecified atom stereocenters. The third-order valence-electron chi connectivity index (χ3n) is 4.67. The number of benzene rings is 1. The summed E-state index contributed by atoms with van der Waals surface area (Å²) in [5.41, 5.74) is 1.26. The lowest BCUT2D eigenvalue weighted by molar-refractivity contribution is 0.414. The van der Waals surface area contributed by atoms with Crippen molar-refractivity contribution >= 4 is 11.6 Å². The van der Waals surface area contributed by atoms with Gasteiger partial charge in [0, 0.05) is 31.1 Å². The van der Waals surface area contributed by atoms with Gasteiger partial charge in [0.05, 0.1) is 7.11 Å². The minimum Gasteiger partial charge on any atom is -0.497 e. The largest absolute Gasteiger partial charge is 0.497 e. The SMILES string of the molecule is COc1ccc(C(C)(C)CNc2cc(N3CCCC3)ncn2)cc1. The third kappa shape index (κ3) is 3.78. The van der Waals surface area contributed by atoms with Crippen LogP contribution < -0.4 is 15.0 Å². The molecule has 0 bridgehead atoms. The van der Waals surface area contributed by atoms with Gasteiger partial charge in [-0.15, -0.1) is 0 Å². The lowest BCUT2D eigenvalue weighted by Gasteiger charge is -2.26. The molecule has 0 radical (unpaired) electrons. The topological polar surface area (TPSA) is 50.3 Å². The monoisotopic (exact) mass is 326 g/mol. The number of rotatable bonds is 6. The Bertz CT molecular complexity index is 663. The van der Waals surface area contributed by atoms with Crippen LogP contribution in [-0.2, 0) is 5.41 Å². The van der Waals surface area contributed by atoms with Gasteiger partial charge in [-0.2, -0.15) is 0 Å². The maximum absolute atomic E-state index is 5.24. The van der Waals surface area contributed by atoms with E-state index in [-0.39, 0.29) is 5.41 Å². The number of hydrogen-bond donors (Lipinski definition) is 1. The zero-order chi connectivity index (χ0) is 17.0. The molecule has 5 nitrogen and oxygen atoms in total. The van der Waals surface area contributed by atoms with Crippen molar-refractivity contribution in [1.29, 1.82) is 0 Å². The molecule has 1 saturated heterocycles. The van der Waals surface area contributed by atoms with Crippen molar-refractivity contribution in [3.05, 3.63) is 42.2 Å². The van der Waals surface area contributed by atoms with Crippen LogP contribution in [0.15, 0.2) is 36.7 Å². The average molecular weight is 326 g/mol. The normalized spacial score (nSPS) is 14.7. The number of aromatic nitrogens is 2. The van der Waals surface area contributed by atoms with E-state index < -0.39 is 0 Å². The quantitative estimate of drug-likeness (QED) is 0.881. The maximum Gasteiger partial charge on any atom is 0.134 e. The molecule has 24 heavy (non-hydrogen) atoms. The fourth-order valence-electron chi connectivity index (χ4n) is 3.02. The van der Waals surface area contributed by atoms with Crippen molar-refractivity contribution in [2.75, 3.05) is 37.0 Å². The second-order valence-corrected chi connectivity index (χ2v) is 6.92. The van der Waals surface area contributed by atoms with Crippen LogP contribution in [0.1, 0.15) is 32.3 Å². The molecule has 0 saturated carbocycles. The highest BCUT2D eigenvalue weighted by Gasteiger charge is 2.21. The van der Waals surface area contributed by atoms with Crippen molar-refractivity contribution < 1.29 is 4.74 Å². The second kappa shape index (κ2) is 7.07. The molecule has 128 valence electrons. The van der Waals surface area contributed by atoms with Crippen LogP contribution in [0, 0.1) is 0 Å². The van der Waals surface area contributed by atoms with E-state index in [0.717, 1.165) is 37.0 Å². The summed E-state index contributed by atoms with van der Waals surface area (Å²) in [5.74, 6) is 2.79. The van der Waals surface area contributed by atoms with E-state index in [1.807, 2.05) is 12.1 Å². The Kier molecular flexibility index (Phi) is 4.88. The molecular weight excluding hydrogens is 300 g/mol. The minimum atomic E-state index is -0.00890. The van der Waals surface area contributed by atoms with Crippen LogP contribution in [0.5, 0.6) is 5.75 Å². The van der Waals surface area contributed by atoms with E-state index in [9.17, 15) is 0 Å². The van der Waals surface area contributed by atoms with Crippen molar-refractivity contribution in [1.82, 2.24) is 9.97 Å². The summed E-state index contributed by atoms with van der Waals surface area (Å²) in [7, 11) is 1.69. The van der Waals surface area contributed by atoms with Gasteiger partial charge in [-0.3, -0.25) is 0 Å². The van der Waals surface area contributed by atoms with Gasteiger partial charge >= 0.3 is 0 Å². The van der Waals surface area contributed by atoms with Gasteiger partial charge in [-0.25, -0.2) is 9.97 Å². The Hall–Kier alpha value is -2.30. The highest BCUT2D eigenvalue weighted by molar-refractivity contribution is 5.49. The fourth-order valence-corrected chi connectivity index (χ4v) is 3.02. The first-order chi connectivity index (χ1) is 11.6. The molecule has 1 aromatic heterocycles. The number of nitrogens with zero attached hydrogens (tertiary/aromatic N) is 3. The summed E-state index contributed by atoms with van der Waals surface area (Å²) in [6.07, 6.45) is 4.14. The highest BCUT2D eigenvalue weighted by Crippen LogP contribution is 2.26. The average Bonchev–Trinajstić information content (AvgIpc) is 3.15. The summed E-state index contributed by atoms with van der Waals surface area (Å²) in [6, 6.07) is 10.3. The Labute approximate surface area is 144 Å². The number of ether oxygens (including phenoxy) is 1. The van der Waals surface area contributed by atoms with Gasteiger partial charge < -0.3 is 15.0 Å². The van der Waals surface area contributed by atoms with Gasteiger partial charge in [0.1, 0.15) is 23.7 Å². The lowest BCUT2D eigenvalue weighted by Crippen LogP contribution is -2.28. The van der Waals surface area contributed by atoms with Crippen LogP contribution >= 0.6 is 0 Å². The molecule has 2 aromatic rings. The van der Waals surface area contributed by atoms with Crippen molar-refractivity contribution in [2.24, 2.45) is 0 Å². The molecule has 1 aliphatic heterocycles. The van der Waals surface area contributed by atoms with E-state index in [4.69, 9.17) is 4.74 Å². The Balaban J connectivity index is 1.66. The summed E-state index contributed by atoms with van der Waals surface area (Å²) >= 11 is 0. The number of anilines is 2. The van der Waals surface area contributed by atoms with E-state index in [1.54, 1.807) is 13.4 Å². The molecule has 0 atom stereocenters. The highest BCUT2D eigenvalue weighted by atomic mass is 16.5. The Morgan fingerprint density at radius 2 is 1.83 bits per heavy atom. The summed E-state index contributed by atoms with van der Waals surface area (Å²) in [4.78, 5) is 11.1. The van der Waals surface area contributed by atoms with Gasteiger partial charge in [-0.05, 0) is 30.5 Å². The molecule has 0 aliphatic carbocycles. The predicted octanol–water partition coefficient (Wildman–Crippen LogP) is 3.48. The zero-order valence-electron chi connectivity index (χ0n) is 14.7. The smallest absolute Gasteiger partial charge is 0.134 e. The molecule has 3 rings (SSSR count). The van der Waals surface area contributed by atoms with Crippen molar-refractivity contribution in [2.45, 2.75) is 32.1 Å². The zero-order valence-corrected chi connectivity index (χ0v) is 14.7. The molecule has 0 spiro atoms. The van der Waals surface area contributed by atoms with Crippen LogP contribution in [0.3, 0.4) is 0 Å². The molecule has 0 amide bonds. The summed E-state index contributed by atoms with van der Waals surface area (Å²) in [6.45, 7) is 7.44. The first-order valence-corrected chi connectivity index (χ1v) is 8.54. The van der Waals surface area contributed by atoms with Crippen molar-refractivity contribution in [3.63, 3.8) is 0 Å². The predicted molar refractivity (Wildman–Crippen MR) is 98.0 cm³/mol. The number of methoxy groups -OCH3 is 1. The molecular formula is C19H26N4O. The number of nitrogens with one attached hydrogen (secondary N) is 1. The Morgan fingerprint density at radius 3 is 2.50 bits per heavy atom. The summed E-state index contributed by atoms with van der Waals surface area (Å²) < 4.78 is 5.24. The molecule has 1 aromatic carbocycles. The standard InChI is InChI=1S/C19H26N4O/c1-19(2,15-6-8-16(24-3)9-7-15)13-20-17-12-18(22-14-21-17)23-10-4-5-11-23/h6-9,12,14H,4-5,10-11,13H2,1-3H3,(H,20,21,22). The van der Waals surface area contributed by atoms with Gasteiger partial charge in [0.25, 0.3) is 0 Å². The fraction of sp³-hybridized carbons (Fsp3) is 0.474. The van der Waals surface area contributed by atoms with Crippen LogP contribution in [0.2, 0.25) is 0 Å². The van der Waals surface area contributed by atoms with Gasteiger partial charge in [0.15, 0.2) is 0 Å². The van der Waals surface area contributed by atoms with E-state index >= 15 is 0 Å². The number of hydrogen-bond acceptors (Lipinski definition) is 5. The molecule has 1 aliphatic rings. The Morgan fingerprint density at radius 1 is 1.12 bits per heavy atom. The lowest BCUT2D eigenvalue weighted by atomic mass is 9.84. The molecule has 1 N–H and O–H groups in total. The minimum absolute atomic E-state index is 0.00890. The van der Waals surface area contributed by atoms with Crippen LogP contribution in [-0.4, -0.2) is 36.7 Å². The third-order valence-corrected chi connectivity index (χ3v) is 4.67. The first kappa shape index (κ1) is 16.6. The van der Waals surface area contributed by atoms with Gasteiger partial charge in [0.2, 0.25) is 0 Å².